The number of rotatable bonds is 5. The van der Waals surface area contributed by atoms with E-state index in [0.717, 1.165) is 29.2 Å². The number of hydrogen-bond donors (Lipinski definition) is 1. The Kier molecular flexibility index (Phi) is 5.68. The maximum atomic E-state index is 12.9. The number of amides is 1. The van der Waals surface area contributed by atoms with Crippen molar-refractivity contribution in [1.29, 1.82) is 0 Å². The molecule has 7 nitrogen and oxygen atoms in total. The molecule has 1 aromatic heterocycles. The number of benzene rings is 2. The summed E-state index contributed by atoms with van der Waals surface area (Å²) in [5, 5.41) is 6.57. The monoisotopic (exact) mass is 473 g/mol. The summed E-state index contributed by atoms with van der Waals surface area (Å²) in [6, 6.07) is 13.0. The molecule has 2 aliphatic heterocycles. The molecule has 0 saturated carbocycles. The molecule has 3 aromatic rings. The Morgan fingerprint density at radius 1 is 1.03 bits per heavy atom. The minimum Gasteiger partial charge on any atom is -0.454 e. The summed E-state index contributed by atoms with van der Waals surface area (Å²) in [5.41, 5.74) is 0.598. The zero-order valence-electron chi connectivity index (χ0n) is 18.1. The summed E-state index contributed by atoms with van der Waals surface area (Å²) in [7, 11) is 0. The number of halogens is 3. The molecule has 0 atom stereocenters. The largest absolute Gasteiger partial charge is 0.454 e. The number of fused-ring (bicyclic) bond motifs is 1. The Morgan fingerprint density at radius 2 is 1.76 bits per heavy atom. The Labute approximate surface area is 193 Å². The Balaban J connectivity index is 1.30. The van der Waals surface area contributed by atoms with Crippen molar-refractivity contribution >= 4 is 5.91 Å². The first-order chi connectivity index (χ1) is 16.3. The lowest BCUT2D eigenvalue weighted by atomic mass is 9.74. The smallest absolute Gasteiger partial charge is 0.435 e. The molecule has 178 valence electrons. The van der Waals surface area contributed by atoms with E-state index in [9.17, 15) is 18.0 Å². The van der Waals surface area contributed by atoms with Gasteiger partial charge in [0, 0.05) is 36.9 Å². The van der Waals surface area contributed by atoms with Gasteiger partial charge in [0.15, 0.2) is 17.2 Å². The highest BCUT2D eigenvalue weighted by molar-refractivity contribution is 5.94. The molecular weight excluding hydrogens is 451 g/mol. The average molecular weight is 473 g/mol. The van der Waals surface area contributed by atoms with E-state index in [-0.39, 0.29) is 18.1 Å². The quantitative estimate of drug-likeness (QED) is 0.604. The number of carbonyl (C=O) groups is 1. The van der Waals surface area contributed by atoms with Crippen LogP contribution in [0.1, 0.15) is 34.5 Å². The van der Waals surface area contributed by atoms with E-state index >= 15 is 0 Å². The lowest BCUT2D eigenvalue weighted by Crippen LogP contribution is -2.44. The molecule has 0 aliphatic carbocycles. The number of hydrogen-bond acceptors (Lipinski definition) is 5. The van der Waals surface area contributed by atoms with E-state index in [4.69, 9.17) is 14.2 Å². The van der Waals surface area contributed by atoms with Crippen LogP contribution in [0.25, 0.3) is 5.69 Å². The van der Waals surface area contributed by atoms with E-state index in [1.165, 1.54) is 6.20 Å². The fourth-order valence-corrected chi connectivity index (χ4v) is 4.29. The zero-order chi connectivity index (χ0) is 23.8. The van der Waals surface area contributed by atoms with Crippen LogP contribution in [-0.2, 0) is 16.3 Å². The number of alkyl halides is 3. The van der Waals surface area contributed by atoms with Crippen molar-refractivity contribution in [3.63, 3.8) is 0 Å². The zero-order valence-corrected chi connectivity index (χ0v) is 18.1. The van der Waals surface area contributed by atoms with Crippen LogP contribution in [0.5, 0.6) is 11.5 Å². The van der Waals surface area contributed by atoms with Crippen LogP contribution in [0.15, 0.2) is 54.7 Å². The third-order valence-corrected chi connectivity index (χ3v) is 6.30. The Morgan fingerprint density at radius 3 is 2.47 bits per heavy atom. The maximum absolute atomic E-state index is 12.9. The summed E-state index contributed by atoms with van der Waals surface area (Å²) < 4.78 is 56.0. The Bertz CT molecular complexity index is 1180. The second kappa shape index (κ2) is 8.68. The molecule has 3 heterocycles. The lowest BCUT2D eigenvalue weighted by molar-refractivity contribution is -0.141. The molecule has 0 spiro atoms. The minimum atomic E-state index is -4.51. The van der Waals surface area contributed by atoms with Crippen molar-refractivity contribution in [2.24, 2.45) is 0 Å². The summed E-state index contributed by atoms with van der Waals surface area (Å²) in [5.74, 6) is 1.13. The molecule has 2 aliphatic rings. The van der Waals surface area contributed by atoms with Crippen LogP contribution in [0.2, 0.25) is 0 Å². The van der Waals surface area contributed by atoms with Crippen molar-refractivity contribution < 1.29 is 32.2 Å². The molecule has 2 aromatic carbocycles. The van der Waals surface area contributed by atoms with Crippen LogP contribution in [-0.4, -0.2) is 42.2 Å². The molecule has 1 saturated heterocycles. The summed E-state index contributed by atoms with van der Waals surface area (Å²) >= 11 is 0. The molecule has 1 fully saturated rings. The number of carbonyl (C=O) groups excluding carboxylic acids is 1. The minimum absolute atomic E-state index is 0.192. The van der Waals surface area contributed by atoms with Crippen molar-refractivity contribution in [3.8, 4) is 17.2 Å². The van der Waals surface area contributed by atoms with Gasteiger partial charge in [0.05, 0.1) is 5.69 Å². The van der Waals surface area contributed by atoms with E-state index in [0.29, 0.717) is 42.5 Å². The maximum Gasteiger partial charge on any atom is 0.435 e. The molecule has 34 heavy (non-hydrogen) atoms. The first-order valence-electron chi connectivity index (χ1n) is 10.8. The fourth-order valence-electron chi connectivity index (χ4n) is 4.29. The molecule has 1 N–H and O–H groups in total. The van der Waals surface area contributed by atoms with Crippen LogP contribution < -0.4 is 14.8 Å². The molecule has 1 amide bonds. The number of aromatic nitrogens is 2. The lowest BCUT2D eigenvalue weighted by Gasteiger charge is -2.38. The van der Waals surface area contributed by atoms with Gasteiger partial charge in [-0.15, -0.1) is 0 Å². The summed E-state index contributed by atoms with van der Waals surface area (Å²) in [4.78, 5) is 12.9. The number of nitrogens with one attached hydrogen (secondary N) is 1. The van der Waals surface area contributed by atoms with Gasteiger partial charge in [-0.05, 0) is 60.9 Å². The molecule has 5 rings (SSSR count). The van der Waals surface area contributed by atoms with E-state index < -0.39 is 11.9 Å². The third kappa shape index (κ3) is 4.33. The van der Waals surface area contributed by atoms with Crippen LogP contribution >= 0.6 is 0 Å². The normalized spacial score (nSPS) is 16.9. The SMILES string of the molecule is O=C(NCC1(c2ccc3c(c2)OCO3)CCOCC1)c1ccc(-n2ccc(C(F)(F)F)n2)cc1. The topological polar surface area (TPSA) is 74.6 Å². The standard InChI is InChI=1S/C24H22F3N3O4/c25-24(26,27)21-7-10-30(29-21)18-4-1-16(2-5-18)22(31)28-14-23(8-11-32-12-9-23)17-3-6-19-20(13-17)34-15-33-19/h1-7,10,13H,8-9,11-12,14-15H2,(H,28,31). The molecule has 0 radical (unpaired) electrons. The van der Waals surface area contributed by atoms with Crippen LogP contribution in [0.4, 0.5) is 13.2 Å². The van der Waals surface area contributed by atoms with Gasteiger partial charge in [0.1, 0.15) is 0 Å². The van der Waals surface area contributed by atoms with E-state index in [2.05, 4.69) is 10.4 Å². The highest BCUT2D eigenvalue weighted by atomic mass is 19.4. The third-order valence-electron chi connectivity index (χ3n) is 6.30. The van der Waals surface area contributed by atoms with Gasteiger partial charge in [-0.2, -0.15) is 18.3 Å². The second-order valence-electron chi connectivity index (χ2n) is 8.33. The van der Waals surface area contributed by atoms with E-state index in [1.807, 2.05) is 18.2 Å². The second-order valence-corrected chi connectivity index (χ2v) is 8.33. The van der Waals surface area contributed by atoms with E-state index in [1.54, 1.807) is 24.3 Å². The van der Waals surface area contributed by atoms with Gasteiger partial charge in [0.25, 0.3) is 5.91 Å². The van der Waals surface area contributed by atoms with Crippen molar-refractivity contribution in [1.82, 2.24) is 15.1 Å². The van der Waals surface area contributed by atoms with Gasteiger partial charge >= 0.3 is 6.18 Å². The molecule has 0 unspecified atom stereocenters. The highest BCUT2D eigenvalue weighted by Gasteiger charge is 2.36. The van der Waals surface area contributed by atoms with Gasteiger partial charge in [-0.1, -0.05) is 6.07 Å². The first-order valence-corrected chi connectivity index (χ1v) is 10.8. The predicted octanol–water partition coefficient (Wildman–Crippen LogP) is 4.10. The predicted molar refractivity (Wildman–Crippen MR) is 115 cm³/mol. The molecular formula is C24H22F3N3O4. The van der Waals surface area contributed by atoms with Gasteiger partial charge in [-0.25, -0.2) is 4.68 Å². The fraction of sp³-hybridized carbons (Fsp3) is 0.333. The van der Waals surface area contributed by atoms with Crippen LogP contribution in [0, 0.1) is 0 Å². The van der Waals surface area contributed by atoms with Crippen molar-refractivity contribution in [3.05, 3.63) is 71.5 Å². The molecule has 0 bridgehead atoms. The Hall–Kier alpha value is -3.53. The average Bonchev–Trinajstić information content (AvgIpc) is 3.53. The van der Waals surface area contributed by atoms with Crippen LogP contribution in [0.3, 0.4) is 0 Å². The molecule has 10 heteroatoms. The van der Waals surface area contributed by atoms with Crippen molar-refractivity contribution in [2.45, 2.75) is 24.4 Å². The number of nitrogens with zero attached hydrogens (tertiary/aromatic N) is 2. The summed E-state index contributed by atoms with van der Waals surface area (Å²) in [6.07, 6.45) is -1.79. The van der Waals surface area contributed by atoms with Gasteiger partial charge in [-0.3, -0.25) is 4.79 Å². The van der Waals surface area contributed by atoms with Gasteiger partial charge < -0.3 is 19.5 Å². The number of ether oxygens (including phenoxy) is 3. The highest BCUT2D eigenvalue weighted by Crippen LogP contribution is 2.40. The first kappa shape index (κ1) is 22.3. The van der Waals surface area contributed by atoms with Crippen molar-refractivity contribution in [2.75, 3.05) is 26.6 Å². The van der Waals surface area contributed by atoms with Gasteiger partial charge in [0.2, 0.25) is 6.79 Å². The summed E-state index contributed by atoms with van der Waals surface area (Å²) in [6.45, 7) is 1.77.